The van der Waals surface area contributed by atoms with Gasteiger partial charge in [-0.05, 0) is 57.9 Å². The van der Waals surface area contributed by atoms with Crippen LogP contribution in [0.15, 0.2) is 6.07 Å². The summed E-state index contributed by atoms with van der Waals surface area (Å²) in [5.74, 6) is -4.56. The number of nitrogens with zero attached hydrogens (tertiary/aromatic N) is 3. The number of likely N-dealkylation sites (tertiary alicyclic amines) is 1. The van der Waals surface area contributed by atoms with Crippen LogP contribution in [-0.4, -0.2) is 50.3 Å². The number of halogens is 2. The Balaban J connectivity index is 1.57. The van der Waals surface area contributed by atoms with Crippen LogP contribution in [0.1, 0.15) is 43.5 Å². The molecule has 24 heavy (non-hydrogen) atoms. The Morgan fingerprint density at radius 2 is 2.00 bits per heavy atom. The van der Waals surface area contributed by atoms with Crippen molar-refractivity contribution in [3.8, 4) is 0 Å². The van der Waals surface area contributed by atoms with Crippen molar-refractivity contribution in [3.63, 3.8) is 0 Å². The van der Waals surface area contributed by atoms with Crippen LogP contribution in [0.25, 0.3) is 0 Å². The monoisotopic (exact) mass is 341 g/mol. The number of hydrogen-bond acceptors (Lipinski definition) is 3. The lowest BCUT2D eigenvalue weighted by Gasteiger charge is -2.44. The smallest absolute Gasteiger partial charge is 0.352 e. The molecule has 5 nitrogen and oxygen atoms in total. The van der Waals surface area contributed by atoms with E-state index in [0.29, 0.717) is 38.3 Å². The van der Waals surface area contributed by atoms with Gasteiger partial charge in [0.05, 0.1) is 5.69 Å². The second-order valence-electron chi connectivity index (χ2n) is 7.30. The van der Waals surface area contributed by atoms with E-state index in [9.17, 15) is 18.7 Å². The average Bonchev–Trinajstić information content (AvgIpc) is 2.82. The second-order valence-corrected chi connectivity index (χ2v) is 7.30. The van der Waals surface area contributed by atoms with Crippen LogP contribution < -0.4 is 0 Å². The zero-order valence-corrected chi connectivity index (χ0v) is 14.3. The number of piperidine rings is 1. The number of rotatable bonds is 4. The molecule has 0 atom stereocenters. The van der Waals surface area contributed by atoms with E-state index in [2.05, 4.69) is 5.10 Å². The third kappa shape index (κ3) is 2.94. The molecule has 0 bridgehead atoms. The third-order valence-corrected chi connectivity index (χ3v) is 5.47. The van der Waals surface area contributed by atoms with Crippen molar-refractivity contribution in [2.45, 2.75) is 64.0 Å². The van der Waals surface area contributed by atoms with Gasteiger partial charge in [0.2, 0.25) is 0 Å². The summed E-state index contributed by atoms with van der Waals surface area (Å²) in [6, 6.07) is 2.01. The first kappa shape index (κ1) is 17.3. The van der Waals surface area contributed by atoms with Gasteiger partial charge in [0.1, 0.15) is 5.60 Å². The number of amides is 1. The zero-order valence-electron chi connectivity index (χ0n) is 14.3. The highest BCUT2D eigenvalue weighted by Gasteiger charge is 2.62. The number of aromatic nitrogens is 2. The summed E-state index contributed by atoms with van der Waals surface area (Å²) in [7, 11) is 0. The molecule has 0 unspecified atom stereocenters. The normalized spacial score (nSPS) is 21.6. The highest BCUT2D eigenvalue weighted by molar-refractivity contribution is 5.85. The summed E-state index contributed by atoms with van der Waals surface area (Å²) in [6.07, 6.45) is 1.90. The molecule has 2 fully saturated rings. The van der Waals surface area contributed by atoms with Crippen molar-refractivity contribution in [1.82, 2.24) is 14.7 Å². The first-order valence-electron chi connectivity index (χ1n) is 8.63. The summed E-state index contributed by atoms with van der Waals surface area (Å²) in [5, 5.41) is 14.3. The zero-order chi connectivity index (χ0) is 17.5. The maximum Gasteiger partial charge on any atom is 0.352 e. The van der Waals surface area contributed by atoms with Crippen molar-refractivity contribution in [3.05, 3.63) is 17.5 Å². The number of carbonyl (C=O) groups excluding carboxylic acids is 1. The second kappa shape index (κ2) is 6.10. The molecule has 1 N–H and O–H groups in total. The number of carbonyl (C=O) groups is 1. The van der Waals surface area contributed by atoms with Gasteiger partial charge in [-0.1, -0.05) is 0 Å². The molecule has 1 aromatic heterocycles. The lowest BCUT2D eigenvalue weighted by molar-refractivity contribution is -0.224. The van der Waals surface area contributed by atoms with Crippen molar-refractivity contribution in [2.24, 2.45) is 5.92 Å². The van der Waals surface area contributed by atoms with Gasteiger partial charge < -0.3 is 10.0 Å². The number of hydrogen-bond donors (Lipinski definition) is 1. The number of aryl methyl sites for hydroxylation is 2. The average molecular weight is 341 g/mol. The molecule has 0 radical (unpaired) electrons. The van der Waals surface area contributed by atoms with Crippen LogP contribution in [0, 0.1) is 19.8 Å². The summed E-state index contributed by atoms with van der Waals surface area (Å²) in [4.78, 5) is 13.4. The van der Waals surface area contributed by atoms with E-state index >= 15 is 0 Å². The molecule has 1 saturated heterocycles. The fourth-order valence-electron chi connectivity index (χ4n) is 3.65. The molecule has 7 heteroatoms. The van der Waals surface area contributed by atoms with Gasteiger partial charge in [0, 0.05) is 25.3 Å². The molecule has 0 spiro atoms. The maximum atomic E-state index is 14.3. The fraction of sp³-hybridized carbons (Fsp3) is 0.765. The lowest BCUT2D eigenvalue weighted by atomic mass is 9.74. The molecule has 1 aliphatic heterocycles. The molecule has 1 amide bonds. The first-order valence-corrected chi connectivity index (χ1v) is 8.63. The van der Waals surface area contributed by atoms with E-state index in [0.717, 1.165) is 17.9 Å². The molecular weight excluding hydrogens is 316 g/mol. The maximum absolute atomic E-state index is 14.3. The molecular formula is C17H25F2N3O2. The van der Waals surface area contributed by atoms with Gasteiger partial charge in [-0.15, -0.1) is 0 Å². The first-order chi connectivity index (χ1) is 11.2. The minimum Gasteiger partial charge on any atom is -0.383 e. The Labute approximate surface area is 140 Å². The van der Waals surface area contributed by atoms with Gasteiger partial charge >= 0.3 is 5.92 Å². The predicted octanol–water partition coefficient (Wildman–Crippen LogP) is 2.29. The van der Waals surface area contributed by atoms with E-state index in [4.69, 9.17) is 0 Å². The summed E-state index contributed by atoms with van der Waals surface area (Å²) in [5.41, 5.74) is -0.0804. The van der Waals surface area contributed by atoms with Gasteiger partial charge in [-0.25, -0.2) is 0 Å². The van der Waals surface area contributed by atoms with Crippen LogP contribution in [0.2, 0.25) is 0 Å². The van der Waals surface area contributed by atoms with E-state index in [1.165, 1.54) is 4.90 Å². The van der Waals surface area contributed by atoms with Crippen LogP contribution >= 0.6 is 0 Å². The third-order valence-electron chi connectivity index (χ3n) is 5.47. The molecule has 1 aliphatic carbocycles. The standard InChI is InChI=1S/C17H25F2N3O2/c1-12-10-13(2)22(20-12)11-14-4-8-21(9-5-14)15(23)17(18,19)16(24)6-3-7-16/h10,14,24H,3-9,11H2,1-2H3. The highest BCUT2D eigenvalue weighted by Crippen LogP contribution is 2.45. The van der Waals surface area contributed by atoms with Crippen molar-refractivity contribution >= 4 is 5.91 Å². The number of aliphatic hydroxyl groups is 1. The Hall–Kier alpha value is -1.50. The fourth-order valence-corrected chi connectivity index (χ4v) is 3.65. The van der Waals surface area contributed by atoms with E-state index in [1.807, 2.05) is 24.6 Å². The van der Waals surface area contributed by atoms with E-state index in [1.54, 1.807) is 0 Å². The van der Waals surface area contributed by atoms with Crippen molar-refractivity contribution in [1.29, 1.82) is 0 Å². The number of alkyl halides is 2. The Morgan fingerprint density at radius 1 is 1.38 bits per heavy atom. The Bertz CT molecular complexity index is 617. The van der Waals surface area contributed by atoms with E-state index < -0.39 is 17.4 Å². The van der Waals surface area contributed by atoms with Crippen LogP contribution in [0.3, 0.4) is 0 Å². The molecule has 2 heterocycles. The summed E-state index contributed by atoms with van der Waals surface area (Å²) in [6.45, 7) is 5.32. The van der Waals surface area contributed by atoms with Crippen LogP contribution in [0.5, 0.6) is 0 Å². The predicted molar refractivity (Wildman–Crippen MR) is 84.8 cm³/mol. The molecule has 3 rings (SSSR count). The molecule has 2 aliphatic rings. The highest BCUT2D eigenvalue weighted by atomic mass is 19.3. The van der Waals surface area contributed by atoms with Crippen LogP contribution in [-0.2, 0) is 11.3 Å². The Morgan fingerprint density at radius 3 is 2.46 bits per heavy atom. The Kier molecular flexibility index (Phi) is 4.40. The minimum atomic E-state index is -3.67. The van der Waals surface area contributed by atoms with Gasteiger partial charge in [0.15, 0.2) is 0 Å². The minimum absolute atomic E-state index is 0.000131. The van der Waals surface area contributed by atoms with E-state index in [-0.39, 0.29) is 12.8 Å². The quantitative estimate of drug-likeness (QED) is 0.914. The van der Waals surface area contributed by atoms with Crippen LogP contribution in [0.4, 0.5) is 8.78 Å². The molecule has 134 valence electrons. The SMILES string of the molecule is Cc1cc(C)n(CC2CCN(C(=O)C(F)(F)C3(O)CCC3)CC2)n1. The van der Waals surface area contributed by atoms with Gasteiger partial charge in [0.25, 0.3) is 5.91 Å². The molecule has 1 aromatic rings. The van der Waals surface area contributed by atoms with Gasteiger partial charge in [-0.3, -0.25) is 9.48 Å². The van der Waals surface area contributed by atoms with Gasteiger partial charge in [-0.2, -0.15) is 13.9 Å². The molecule has 0 aromatic carbocycles. The van der Waals surface area contributed by atoms with Crippen molar-refractivity contribution < 1.29 is 18.7 Å². The van der Waals surface area contributed by atoms with Crippen molar-refractivity contribution in [2.75, 3.05) is 13.1 Å². The lowest BCUT2D eigenvalue weighted by Crippen LogP contribution is -2.62. The summed E-state index contributed by atoms with van der Waals surface area (Å²) >= 11 is 0. The summed E-state index contributed by atoms with van der Waals surface area (Å²) < 4.78 is 30.5. The molecule has 1 saturated carbocycles. The topological polar surface area (TPSA) is 58.4 Å². The largest absolute Gasteiger partial charge is 0.383 e.